The van der Waals surface area contributed by atoms with E-state index in [0.29, 0.717) is 6.42 Å². The number of hydrogen-bond acceptors (Lipinski definition) is 27. The molecule has 640 valence electrons. The summed E-state index contributed by atoms with van der Waals surface area (Å²) >= 11 is 0. The second kappa shape index (κ2) is 39.6. The van der Waals surface area contributed by atoms with Crippen LogP contribution in [0.1, 0.15) is 142 Å². The van der Waals surface area contributed by atoms with Gasteiger partial charge in [0.25, 0.3) is 0 Å². The molecule has 6 heterocycles. The van der Waals surface area contributed by atoms with Crippen molar-refractivity contribution >= 4 is 50.2 Å². The number of phosphoric ester groups is 2. The zero-order valence-electron chi connectivity index (χ0n) is 68.9. The van der Waals surface area contributed by atoms with E-state index in [1.165, 1.54) is 0 Å². The van der Waals surface area contributed by atoms with Crippen LogP contribution in [0, 0.1) is 23.7 Å². The van der Waals surface area contributed by atoms with Gasteiger partial charge in [0.15, 0.2) is 41.8 Å². The molecule has 0 spiro atoms. The quantitative estimate of drug-likeness (QED) is 0.00806. The first-order valence-electron chi connectivity index (χ1n) is 39.7. The van der Waals surface area contributed by atoms with Gasteiger partial charge < -0.3 is 77.8 Å². The molecule has 2 amide bonds. The van der Waals surface area contributed by atoms with Gasteiger partial charge in [-0.2, -0.15) is 0 Å². The fourth-order valence-corrected chi connectivity index (χ4v) is 19.6. The number of benzene rings is 4. The van der Waals surface area contributed by atoms with Crippen molar-refractivity contribution in [2.45, 2.75) is 275 Å². The molecule has 10 unspecified atom stereocenters. The van der Waals surface area contributed by atoms with Gasteiger partial charge in [0, 0.05) is 45.8 Å². The lowest BCUT2D eigenvalue weighted by molar-refractivity contribution is -0.280. The van der Waals surface area contributed by atoms with Crippen LogP contribution in [0.2, 0.25) is 36.3 Å². The van der Waals surface area contributed by atoms with Gasteiger partial charge in [0.05, 0.1) is 95.8 Å². The fraction of sp³-hybridized carbons (Fsp3) is 0.658. The van der Waals surface area contributed by atoms with Crippen molar-refractivity contribution in [2.24, 2.45) is 33.9 Å². The molecule has 0 aromatic heterocycles. The van der Waals surface area contributed by atoms with E-state index in [1.54, 1.807) is 41.5 Å². The van der Waals surface area contributed by atoms with E-state index in [2.05, 4.69) is 84.4 Å². The van der Waals surface area contributed by atoms with Gasteiger partial charge in [-0.25, -0.2) is 13.9 Å². The number of amides is 2. The molecule has 6 N–H and O–H groups in total. The molecule has 0 bridgehead atoms. The summed E-state index contributed by atoms with van der Waals surface area (Å²) in [6.07, 6.45) is -13.9. The minimum absolute atomic E-state index is 0.0293. The number of alkyl carbamates (subject to hydrolysis) is 1. The van der Waals surface area contributed by atoms with Crippen LogP contribution >= 0.6 is 15.6 Å². The Bertz CT molecular complexity index is 4100. The van der Waals surface area contributed by atoms with Crippen molar-refractivity contribution in [1.82, 2.24) is 10.6 Å². The summed E-state index contributed by atoms with van der Waals surface area (Å²) in [6.45, 7) is 29.3. The average molecular weight is 1700 g/mol. The number of ether oxygens (including phenoxy) is 8. The number of nitrogens with one attached hydrogen (secondary N) is 2. The fourth-order valence-electron chi connectivity index (χ4n) is 14.5. The molecule has 37 heteroatoms. The minimum Gasteiger partial charge on any atom is -0.462 e. The van der Waals surface area contributed by atoms with Crippen LogP contribution in [0.5, 0.6) is 0 Å². The molecule has 4 fully saturated rings. The topological polar surface area (TPSA) is 436 Å². The van der Waals surface area contributed by atoms with Crippen molar-refractivity contribution < 1.29 is 118 Å². The Kier molecular flexibility index (Phi) is 31.5. The first kappa shape index (κ1) is 92.2. The number of aliphatic hydroxyl groups is 4. The van der Waals surface area contributed by atoms with Crippen LogP contribution in [0.15, 0.2) is 107 Å². The molecule has 7 aliphatic rings. The van der Waals surface area contributed by atoms with E-state index < -0.39 is 191 Å². The normalized spacial score (nSPS) is 30.7. The molecule has 4 saturated heterocycles. The Morgan fingerprint density at radius 2 is 0.922 bits per heavy atom. The maximum Gasteiger partial charge on any atom is 0.475 e. The van der Waals surface area contributed by atoms with Gasteiger partial charge in [-0.05, 0) is 98.3 Å². The molecule has 116 heavy (non-hydrogen) atoms. The number of aliphatic hydroxyl groups excluding tert-OH is 4. The first-order chi connectivity index (χ1) is 54.9. The Morgan fingerprint density at radius 1 is 0.552 bits per heavy atom. The highest BCUT2D eigenvalue weighted by molar-refractivity contribution is 7.48. The van der Waals surface area contributed by atoms with Crippen molar-refractivity contribution in [3.05, 3.63) is 151 Å². The van der Waals surface area contributed by atoms with Gasteiger partial charge in [0.2, 0.25) is 5.91 Å². The first-order valence-corrected chi connectivity index (χ1v) is 48.4. The maximum absolute atomic E-state index is 14.1. The third kappa shape index (κ3) is 22.0. The predicted molar refractivity (Wildman–Crippen MR) is 428 cm³/mol. The zero-order valence-corrected chi connectivity index (χ0v) is 72.7. The third-order valence-electron chi connectivity index (χ3n) is 23.9. The highest BCUT2D eigenvalue weighted by Crippen LogP contribution is 2.58. The van der Waals surface area contributed by atoms with Crippen molar-refractivity contribution in [3.63, 3.8) is 0 Å². The highest BCUT2D eigenvalue weighted by Gasteiger charge is 2.55. The van der Waals surface area contributed by atoms with Gasteiger partial charge in [-0.3, -0.25) is 36.7 Å². The smallest absolute Gasteiger partial charge is 0.462 e. The number of carbonyl (C=O) groups is 3. The number of carbonyl (C=O) groups excluding carboxylic acids is 3. The lowest BCUT2D eigenvalue weighted by Crippen LogP contribution is -2.62. The number of esters is 1. The summed E-state index contributed by atoms with van der Waals surface area (Å²) in [6, 6.07) is 26.8. The van der Waals surface area contributed by atoms with E-state index >= 15 is 0 Å². The van der Waals surface area contributed by atoms with Crippen LogP contribution in [0.3, 0.4) is 0 Å². The molecule has 33 nitrogen and oxygen atoms in total. The van der Waals surface area contributed by atoms with Crippen LogP contribution in [-0.4, -0.2) is 192 Å². The second-order valence-electron chi connectivity index (χ2n) is 33.6. The van der Waals surface area contributed by atoms with Crippen molar-refractivity contribution in [1.29, 1.82) is 0 Å². The summed E-state index contributed by atoms with van der Waals surface area (Å²) < 4.78 is 126. The standard InChI is InChI=1S/C43H57N4O12PSi.C36H59N4O13PSi/c1-25-35(57-41(37(38(25)49)46-47-44)59-61(6,7)43(3,4)5)24-52-40-36(45-42(50)53-23-33-31-18-12-10-16-29(31)30-17-11-13-19-32(30)33)26(2)39(34(20-48)56-40)58-60(51)54-21-27-14-8-9-15-28(27)22-55-60;1-10-25(49-29(43)11-2)16-28(42)38-30-22(4)33(52-54(45)47-18-23-14-12-13-15-24(23)19-48-54)26(17-41)50-34(30)46-20-27-21(3)32(44)31(39-40-37)35(51-27)53-55(8,9)36(5,6)7/h8-19,25-26,33-41,48-49H,20-24H2,1-7H3,(H,45,50);12-15,21-22,25-27,30-35,41,44H,10-11,16-20H2,1-9H3,(H,38,42)/t25-,26-,34?,35?,36?,37?,38+,39+,40-,41?;21-,22-,25-,26?,27?,30?,31?,32+,33+,34-,35?/m11/s1. The van der Waals surface area contributed by atoms with E-state index in [-0.39, 0.29) is 75.1 Å². The third-order valence-corrected chi connectivity index (χ3v) is 35.6. The number of azide groups is 2. The summed E-state index contributed by atoms with van der Waals surface area (Å²) in [5, 5.41) is 57.1. The van der Waals surface area contributed by atoms with Crippen molar-refractivity contribution in [2.75, 3.05) is 33.0 Å². The van der Waals surface area contributed by atoms with E-state index in [0.717, 1.165) is 44.5 Å². The van der Waals surface area contributed by atoms with Crippen LogP contribution in [-0.2, 0) is 119 Å². The minimum atomic E-state index is -4.24. The predicted octanol–water partition coefficient (Wildman–Crippen LogP) is 13.6. The second-order valence-corrected chi connectivity index (χ2v) is 46.4. The molecular weight excluding hydrogens is 1580 g/mol. The maximum atomic E-state index is 14.1. The van der Waals surface area contributed by atoms with E-state index in [4.69, 9.17) is 73.9 Å². The van der Waals surface area contributed by atoms with E-state index in [9.17, 15) is 55.0 Å². The lowest BCUT2D eigenvalue weighted by atomic mass is 9.88. The molecular formula is C79H116N8O25P2Si2. The summed E-state index contributed by atoms with van der Waals surface area (Å²) in [4.78, 5) is 45.4. The number of phosphoric acid groups is 2. The molecule has 0 saturated carbocycles. The number of rotatable bonds is 27. The van der Waals surface area contributed by atoms with Crippen LogP contribution < -0.4 is 10.6 Å². The summed E-state index contributed by atoms with van der Waals surface area (Å²) in [5.74, 6) is -3.76. The molecule has 0 radical (unpaired) electrons. The Hall–Kier alpha value is -6.12. The van der Waals surface area contributed by atoms with Crippen LogP contribution in [0.4, 0.5) is 4.79 Å². The van der Waals surface area contributed by atoms with Gasteiger partial charge >= 0.3 is 27.7 Å². The lowest BCUT2D eigenvalue weighted by Gasteiger charge is -2.48. The molecule has 1 aliphatic carbocycles. The molecule has 6 aliphatic heterocycles. The average Bonchev–Trinajstić information content (AvgIpc) is 1.53. The summed E-state index contributed by atoms with van der Waals surface area (Å²) in [5.41, 5.74) is 26.1. The monoisotopic (exact) mass is 1690 g/mol. The van der Waals surface area contributed by atoms with Gasteiger partial charge in [-0.15, -0.1) is 0 Å². The molecule has 11 rings (SSSR count). The number of fused-ring (bicyclic) bond motifs is 5. The van der Waals surface area contributed by atoms with Crippen molar-refractivity contribution in [3.8, 4) is 11.1 Å². The van der Waals surface area contributed by atoms with Gasteiger partial charge in [-0.1, -0.05) is 190 Å². The van der Waals surface area contributed by atoms with Gasteiger partial charge in [0.1, 0.15) is 49.2 Å². The molecule has 4 aromatic rings. The SMILES string of the molecule is CCC(=O)O[C@H](CC)CC(=O)NC1[C@H](OCC2OC(O[Si](C)(C)C(C)(C)C)C(N=[N+]=[N-])[C@@H](O)[C@@H]2C)OC(CO)[C@@H](OP2(=O)OCc3ccccc3CO2)[C@@H]1C.C[C@@H]1C(CO[C@@H]2OC(CO)[C@@H](OP3(=O)OCc4ccccc4CO3)[C@H](C)C2NC(=O)OCC2c3ccccc3-c3ccccc32)OC(O[Si](C)(C)C(C)(C)C)C(N=[N+]=[N-])[C@H]1O. The highest BCUT2D eigenvalue weighted by atomic mass is 31.2. The van der Waals surface area contributed by atoms with E-state index in [1.807, 2.05) is 111 Å². The Labute approximate surface area is 680 Å². The zero-order chi connectivity index (χ0) is 84.4. The Morgan fingerprint density at radius 3 is 1.28 bits per heavy atom. The molecule has 21 atom stereocenters. The molecule has 4 aromatic carbocycles. The number of hydrogen-bond donors (Lipinski definition) is 6. The largest absolute Gasteiger partial charge is 0.475 e. The Balaban J connectivity index is 0.000000246. The van der Waals surface area contributed by atoms with Crippen LogP contribution in [0.25, 0.3) is 32.0 Å². The summed E-state index contributed by atoms with van der Waals surface area (Å²) in [7, 11) is -13.4. The number of nitrogens with zero attached hydrogens (tertiary/aromatic N) is 6.